The van der Waals surface area contributed by atoms with Gasteiger partial charge in [0.2, 0.25) is 0 Å². The van der Waals surface area contributed by atoms with Crippen LogP contribution < -0.4 is 9.47 Å². The van der Waals surface area contributed by atoms with Crippen LogP contribution in [0.25, 0.3) is 0 Å². The van der Waals surface area contributed by atoms with E-state index in [-0.39, 0.29) is 22.9 Å². The number of carbonyl (C=O) groups is 2. The van der Waals surface area contributed by atoms with E-state index >= 15 is 0 Å². The molecule has 23 heavy (non-hydrogen) atoms. The summed E-state index contributed by atoms with van der Waals surface area (Å²) in [5.41, 5.74) is 1.71. The largest absolute Gasteiger partial charge is 0.482 e. The maximum absolute atomic E-state index is 11.9. The Morgan fingerprint density at radius 1 is 1.09 bits per heavy atom. The summed E-state index contributed by atoms with van der Waals surface area (Å²) in [6.07, 6.45) is 0. The minimum atomic E-state index is -1.23. The Hall–Kier alpha value is -2.53. The van der Waals surface area contributed by atoms with Crippen molar-refractivity contribution in [3.8, 4) is 11.5 Å². The first kappa shape index (κ1) is 16.8. The number of halogens is 1. The summed E-state index contributed by atoms with van der Waals surface area (Å²) in [5, 5.41) is 9.34. The van der Waals surface area contributed by atoms with Gasteiger partial charge >= 0.3 is 11.9 Å². The lowest BCUT2D eigenvalue weighted by Crippen LogP contribution is -2.19. The fraction of sp³-hybridized carbons (Fsp3) is 0.176. The zero-order valence-electron chi connectivity index (χ0n) is 12.6. The number of aromatic carboxylic acids is 1. The monoisotopic (exact) mass is 334 g/mol. The number of rotatable bonds is 5. The van der Waals surface area contributed by atoms with E-state index < -0.39 is 11.9 Å². The molecule has 0 aliphatic carbocycles. The van der Waals surface area contributed by atoms with Crippen molar-refractivity contribution in [2.45, 2.75) is 13.8 Å². The Balaban J connectivity index is 2.06. The third kappa shape index (κ3) is 4.47. The lowest BCUT2D eigenvalue weighted by Gasteiger charge is -2.11. The fourth-order valence-corrected chi connectivity index (χ4v) is 2.08. The maximum Gasteiger partial charge on any atom is 0.349 e. The highest BCUT2D eigenvalue weighted by Gasteiger charge is 2.16. The van der Waals surface area contributed by atoms with Crippen LogP contribution in [0.5, 0.6) is 11.5 Å². The first-order valence-electron chi connectivity index (χ1n) is 6.80. The van der Waals surface area contributed by atoms with Crippen LogP contribution in [0.15, 0.2) is 36.4 Å². The molecule has 0 radical (unpaired) electrons. The molecule has 2 aromatic carbocycles. The summed E-state index contributed by atoms with van der Waals surface area (Å²) in [4.78, 5) is 23.0. The van der Waals surface area contributed by atoms with Crippen LogP contribution in [-0.2, 0) is 4.79 Å². The molecule has 0 amide bonds. The van der Waals surface area contributed by atoms with Crippen molar-refractivity contribution in [3.05, 3.63) is 58.1 Å². The van der Waals surface area contributed by atoms with E-state index in [9.17, 15) is 9.59 Å². The molecular formula is C17H15ClO5. The molecule has 0 unspecified atom stereocenters. The number of benzene rings is 2. The minimum Gasteiger partial charge on any atom is -0.482 e. The van der Waals surface area contributed by atoms with Gasteiger partial charge in [0.15, 0.2) is 6.61 Å². The standard InChI is InChI=1S/C17H15ClO5/c1-10-3-4-11(2)15(7-10)22-9-16(19)23-14-6-5-12(18)8-13(14)17(20)21/h3-8H,9H2,1-2H3,(H,20,21). The molecule has 0 saturated carbocycles. The van der Waals surface area contributed by atoms with Crippen LogP contribution in [-0.4, -0.2) is 23.7 Å². The summed E-state index contributed by atoms with van der Waals surface area (Å²) in [7, 11) is 0. The van der Waals surface area contributed by atoms with Crippen molar-refractivity contribution in [1.82, 2.24) is 0 Å². The number of hydrogen-bond acceptors (Lipinski definition) is 4. The van der Waals surface area contributed by atoms with Gasteiger partial charge in [0.25, 0.3) is 0 Å². The number of ether oxygens (including phenoxy) is 2. The van der Waals surface area contributed by atoms with Gasteiger partial charge in [-0.1, -0.05) is 23.7 Å². The lowest BCUT2D eigenvalue weighted by atomic mass is 10.1. The molecule has 6 heteroatoms. The molecule has 0 atom stereocenters. The van der Waals surface area contributed by atoms with E-state index in [1.807, 2.05) is 32.0 Å². The van der Waals surface area contributed by atoms with Crippen molar-refractivity contribution in [3.63, 3.8) is 0 Å². The van der Waals surface area contributed by atoms with Crippen LogP contribution in [0.2, 0.25) is 5.02 Å². The van der Waals surface area contributed by atoms with E-state index in [4.69, 9.17) is 26.2 Å². The van der Waals surface area contributed by atoms with Gasteiger partial charge in [0.1, 0.15) is 17.1 Å². The van der Waals surface area contributed by atoms with E-state index in [0.29, 0.717) is 5.75 Å². The molecule has 2 aromatic rings. The van der Waals surface area contributed by atoms with Crippen LogP contribution in [0.1, 0.15) is 21.5 Å². The molecule has 0 aliphatic heterocycles. The third-order valence-electron chi connectivity index (χ3n) is 3.08. The number of carboxylic acid groups (broad SMARTS) is 1. The average molecular weight is 335 g/mol. The molecule has 0 aromatic heterocycles. The van der Waals surface area contributed by atoms with Crippen LogP contribution in [0, 0.1) is 13.8 Å². The molecular weight excluding hydrogens is 320 g/mol. The quantitative estimate of drug-likeness (QED) is 0.667. The molecule has 120 valence electrons. The van der Waals surface area contributed by atoms with Gasteiger partial charge < -0.3 is 14.6 Å². The number of esters is 1. The van der Waals surface area contributed by atoms with E-state index in [0.717, 1.165) is 11.1 Å². The number of aryl methyl sites for hydroxylation is 2. The summed E-state index contributed by atoms with van der Waals surface area (Å²) in [5.74, 6) is -1.42. The van der Waals surface area contributed by atoms with Crippen molar-refractivity contribution in [1.29, 1.82) is 0 Å². The molecule has 0 spiro atoms. The van der Waals surface area contributed by atoms with Crippen LogP contribution in [0.3, 0.4) is 0 Å². The van der Waals surface area contributed by atoms with Crippen molar-refractivity contribution >= 4 is 23.5 Å². The van der Waals surface area contributed by atoms with Crippen molar-refractivity contribution < 1.29 is 24.2 Å². The average Bonchev–Trinajstić information content (AvgIpc) is 2.49. The zero-order chi connectivity index (χ0) is 17.0. The van der Waals surface area contributed by atoms with E-state index in [1.165, 1.54) is 18.2 Å². The smallest absolute Gasteiger partial charge is 0.349 e. The minimum absolute atomic E-state index is 0.0727. The molecule has 0 fully saturated rings. The second-order valence-electron chi connectivity index (χ2n) is 4.98. The highest BCUT2D eigenvalue weighted by Crippen LogP contribution is 2.23. The van der Waals surface area contributed by atoms with Gasteiger partial charge in [-0.15, -0.1) is 0 Å². The molecule has 0 bridgehead atoms. The lowest BCUT2D eigenvalue weighted by molar-refractivity contribution is -0.136. The number of hydrogen-bond donors (Lipinski definition) is 1. The van der Waals surface area contributed by atoms with Crippen molar-refractivity contribution in [2.24, 2.45) is 0 Å². The normalized spacial score (nSPS) is 10.2. The fourth-order valence-electron chi connectivity index (χ4n) is 1.91. The van der Waals surface area contributed by atoms with Crippen molar-refractivity contribution in [2.75, 3.05) is 6.61 Å². The number of carbonyl (C=O) groups excluding carboxylic acids is 1. The third-order valence-corrected chi connectivity index (χ3v) is 3.32. The van der Waals surface area contributed by atoms with Crippen LogP contribution >= 0.6 is 11.6 Å². The number of carboxylic acids is 1. The van der Waals surface area contributed by atoms with Gasteiger partial charge in [-0.3, -0.25) is 0 Å². The summed E-state index contributed by atoms with van der Waals surface area (Å²) in [6, 6.07) is 9.64. The van der Waals surface area contributed by atoms with Gasteiger partial charge in [-0.25, -0.2) is 9.59 Å². The summed E-state index contributed by atoms with van der Waals surface area (Å²) in [6.45, 7) is 3.45. The highest BCUT2D eigenvalue weighted by molar-refractivity contribution is 6.31. The Morgan fingerprint density at radius 2 is 1.83 bits per heavy atom. The SMILES string of the molecule is Cc1ccc(C)c(OCC(=O)Oc2ccc(Cl)cc2C(=O)O)c1. The maximum atomic E-state index is 11.9. The molecule has 1 N–H and O–H groups in total. The topological polar surface area (TPSA) is 72.8 Å². The second-order valence-corrected chi connectivity index (χ2v) is 5.41. The molecule has 0 saturated heterocycles. The first-order valence-corrected chi connectivity index (χ1v) is 7.18. The molecule has 0 heterocycles. The zero-order valence-corrected chi connectivity index (χ0v) is 13.4. The predicted molar refractivity (Wildman–Crippen MR) is 85.5 cm³/mol. The Morgan fingerprint density at radius 3 is 2.52 bits per heavy atom. The summed E-state index contributed by atoms with van der Waals surface area (Å²) >= 11 is 5.74. The first-order chi connectivity index (χ1) is 10.9. The Kier molecular flexibility index (Phi) is 5.24. The van der Waals surface area contributed by atoms with E-state index in [1.54, 1.807) is 0 Å². The summed E-state index contributed by atoms with van der Waals surface area (Å²) < 4.78 is 10.5. The highest BCUT2D eigenvalue weighted by atomic mass is 35.5. The Labute approximate surface area is 138 Å². The second kappa shape index (κ2) is 7.15. The van der Waals surface area contributed by atoms with Gasteiger partial charge in [-0.05, 0) is 49.2 Å². The molecule has 2 rings (SSSR count). The Bertz CT molecular complexity index is 755. The van der Waals surface area contributed by atoms with E-state index in [2.05, 4.69) is 0 Å². The van der Waals surface area contributed by atoms with Gasteiger partial charge in [-0.2, -0.15) is 0 Å². The van der Waals surface area contributed by atoms with Gasteiger partial charge in [0.05, 0.1) is 0 Å². The van der Waals surface area contributed by atoms with Gasteiger partial charge in [0, 0.05) is 5.02 Å². The molecule has 0 aliphatic rings. The molecule has 5 nitrogen and oxygen atoms in total. The predicted octanol–water partition coefficient (Wildman–Crippen LogP) is 3.64. The van der Waals surface area contributed by atoms with Crippen LogP contribution in [0.4, 0.5) is 0 Å².